The van der Waals surface area contributed by atoms with Crippen LogP contribution in [0.3, 0.4) is 0 Å². The standard InChI is InChI=1S/C10H11ClO/c1-8(7-12)10-4-2-3-9(5-10)6-11/h2-5,7-8H,6H2,1H3. The Hall–Kier alpha value is -0.820. The smallest absolute Gasteiger partial charge is 0.127 e. The highest BCUT2D eigenvalue weighted by atomic mass is 35.5. The number of rotatable bonds is 3. The molecule has 1 nitrogen and oxygen atoms in total. The molecule has 0 heterocycles. The van der Waals surface area contributed by atoms with E-state index in [9.17, 15) is 4.79 Å². The molecule has 0 fully saturated rings. The molecule has 0 saturated heterocycles. The quantitative estimate of drug-likeness (QED) is 0.519. The fourth-order valence-electron chi connectivity index (χ4n) is 1.04. The van der Waals surface area contributed by atoms with Crippen molar-refractivity contribution in [3.05, 3.63) is 35.4 Å². The third-order valence-corrected chi connectivity index (χ3v) is 2.14. The molecule has 64 valence electrons. The van der Waals surface area contributed by atoms with Crippen molar-refractivity contribution in [1.82, 2.24) is 0 Å². The Bertz CT molecular complexity index is 270. The van der Waals surface area contributed by atoms with E-state index in [2.05, 4.69) is 0 Å². The number of alkyl halides is 1. The summed E-state index contributed by atoms with van der Waals surface area (Å²) in [6.07, 6.45) is 0.938. The average Bonchev–Trinajstić information content (AvgIpc) is 2.17. The second-order valence-corrected chi connectivity index (χ2v) is 3.07. The maximum Gasteiger partial charge on any atom is 0.127 e. The first-order valence-corrected chi connectivity index (χ1v) is 4.41. The van der Waals surface area contributed by atoms with Crippen molar-refractivity contribution in [3.63, 3.8) is 0 Å². The van der Waals surface area contributed by atoms with Crippen molar-refractivity contribution in [1.29, 1.82) is 0 Å². The molecule has 0 radical (unpaired) electrons. The summed E-state index contributed by atoms with van der Waals surface area (Å²) in [6, 6.07) is 7.78. The van der Waals surface area contributed by atoms with E-state index in [0.717, 1.165) is 17.4 Å². The summed E-state index contributed by atoms with van der Waals surface area (Å²) in [5.41, 5.74) is 2.09. The van der Waals surface area contributed by atoms with Crippen LogP contribution < -0.4 is 0 Å². The van der Waals surface area contributed by atoms with Crippen molar-refractivity contribution in [3.8, 4) is 0 Å². The second-order valence-electron chi connectivity index (χ2n) is 2.80. The molecule has 0 saturated carbocycles. The van der Waals surface area contributed by atoms with Gasteiger partial charge in [-0.25, -0.2) is 0 Å². The minimum Gasteiger partial charge on any atom is -0.303 e. The van der Waals surface area contributed by atoms with Gasteiger partial charge in [-0.1, -0.05) is 31.2 Å². The van der Waals surface area contributed by atoms with Gasteiger partial charge in [0.25, 0.3) is 0 Å². The van der Waals surface area contributed by atoms with Gasteiger partial charge in [0.1, 0.15) is 6.29 Å². The summed E-state index contributed by atoms with van der Waals surface area (Å²) < 4.78 is 0. The average molecular weight is 183 g/mol. The lowest BCUT2D eigenvalue weighted by molar-refractivity contribution is -0.108. The van der Waals surface area contributed by atoms with Gasteiger partial charge in [-0.2, -0.15) is 0 Å². The first-order chi connectivity index (χ1) is 5.77. The van der Waals surface area contributed by atoms with Crippen LogP contribution in [0.25, 0.3) is 0 Å². The van der Waals surface area contributed by atoms with Crippen LogP contribution in [0.15, 0.2) is 24.3 Å². The molecule has 0 bridgehead atoms. The highest BCUT2D eigenvalue weighted by Crippen LogP contribution is 2.15. The first kappa shape index (κ1) is 9.27. The molecule has 0 N–H and O–H groups in total. The third-order valence-electron chi connectivity index (χ3n) is 1.84. The minimum atomic E-state index is -0.0341. The van der Waals surface area contributed by atoms with Gasteiger partial charge < -0.3 is 4.79 Å². The lowest BCUT2D eigenvalue weighted by Gasteiger charge is -2.04. The maximum atomic E-state index is 10.5. The van der Waals surface area contributed by atoms with E-state index in [1.54, 1.807) is 0 Å². The van der Waals surface area contributed by atoms with Crippen LogP contribution in [0, 0.1) is 0 Å². The van der Waals surface area contributed by atoms with Crippen molar-refractivity contribution < 1.29 is 4.79 Å². The summed E-state index contributed by atoms with van der Waals surface area (Å²) in [7, 11) is 0. The van der Waals surface area contributed by atoms with Gasteiger partial charge >= 0.3 is 0 Å². The SMILES string of the molecule is CC(C=O)c1cccc(CCl)c1. The van der Waals surface area contributed by atoms with Crippen LogP contribution in [-0.2, 0) is 10.7 Å². The van der Waals surface area contributed by atoms with Crippen molar-refractivity contribution >= 4 is 17.9 Å². The molecule has 0 aliphatic heterocycles. The molecular weight excluding hydrogens is 172 g/mol. The van der Waals surface area contributed by atoms with Crippen LogP contribution in [0.5, 0.6) is 0 Å². The van der Waals surface area contributed by atoms with Crippen molar-refractivity contribution in [2.75, 3.05) is 0 Å². The Morgan fingerprint density at radius 2 is 2.33 bits per heavy atom. The summed E-state index contributed by atoms with van der Waals surface area (Å²) in [5, 5.41) is 0. The highest BCUT2D eigenvalue weighted by molar-refractivity contribution is 6.17. The Kier molecular flexibility index (Phi) is 3.30. The van der Waals surface area contributed by atoms with E-state index >= 15 is 0 Å². The first-order valence-electron chi connectivity index (χ1n) is 3.88. The van der Waals surface area contributed by atoms with Gasteiger partial charge in [-0.3, -0.25) is 0 Å². The lowest BCUT2D eigenvalue weighted by Crippen LogP contribution is -1.94. The molecule has 1 aromatic carbocycles. The van der Waals surface area contributed by atoms with E-state index in [-0.39, 0.29) is 5.92 Å². The summed E-state index contributed by atoms with van der Waals surface area (Å²) in [4.78, 5) is 10.5. The largest absolute Gasteiger partial charge is 0.303 e. The zero-order valence-electron chi connectivity index (χ0n) is 6.96. The summed E-state index contributed by atoms with van der Waals surface area (Å²) >= 11 is 5.66. The third kappa shape index (κ3) is 2.08. The van der Waals surface area contributed by atoms with E-state index in [4.69, 9.17) is 11.6 Å². The van der Waals surface area contributed by atoms with Crippen molar-refractivity contribution in [2.45, 2.75) is 18.7 Å². The van der Waals surface area contributed by atoms with Gasteiger partial charge in [0.05, 0.1) is 0 Å². The second kappa shape index (κ2) is 4.27. The van der Waals surface area contributed by atoms with Crippen LogP contribution in [0.1, 0.15) is 24.0 Å². The van der Waals surface area contributed by atoms with Gasteiger partial charge in [-0.05, 0) is 11.1 Å². The molecule has 12 heavy (non-hydrogen) atoms. The fourth-order valence-corrected chi connectivity index (χ4v) is 1.20. The topological polar surface area (TPSA) is 17.1 Å². The van der Waals surface area contributed by atoms with Crippen LogP contribution in [0.2, 0.25) is 0 Å². The number of halogens is 1. The number of hydrogen-bond acceptors (Lipinski definition) is 1. The van der Waals surface area contributed by atoms with Crippen LogP contribution in [0.4, 0.5) is 0 Å². The molecule has 0 aliphatic carbocycles. The molecule has 0 spiro atoms. The van der Waals surface area contributed by atoms with E-state index in [0.29, 0.717) is 5.88 Å². The number of hydrogen-bond donors (Lipinski definition) is 0. The van der Waals surface area contributed by atoms with E-state index in [1.807, 2.05) is 31.2 Å². The highest BCUT2D eigenvalue weighted by Gasteiger charge is 2.02. The lowest BCUT2D eigenvalue weighted by atomic mass is 10.0. The normalized spacial score (nSPS) is 12.5. The molecule has 1 aromatic rings. The number of benzene rings is 1. The molecule has 0 amide bonds. The predicted octanol–water partition coefficient (Wildman–Crippen LogP) is 2.73. The summed E-state index contributed by atoms with van der Waals surface area (Å²) in [6.45, 7) is 1.88. The Balaban J connectivity index is 2.93. The Morgan fingerprint density at radius 3 is 2.92 bits per heavy atom. The molecule has 0 aliphatic rings. The van der Waals surface area contributed by atoms with Crippen LogP contribution in [-0.4, -0.2) is 6.29 Å². The fraction of sp³-hybridized carbons (Fsp3) is 0.300. The van der Waals surface area contributed by atoms with Gasteiger partial charge in [0, 0.05) is 11.8 Å². The van der Waals surface area contributed by atoms with Gasteiger partial charge in [0.15, 0.2) is 0 Å². The number of carbonyl (C=O) groups excluding carboxylic acids is 1. The maximum absolute atomic E-state index is 10.5. The van der Waals surface area contributed by atoms with Crippen LogP contribution >= 0.6 is 11.6 Å². The zero-order chi connectivity index (χ0) is 8.97. The predicted molar refractivity (Wildman–Crippen MR) is 50.5 cm³/mol. The minimum absolute atomic E-state index is 0.0341. The Labute approximate surface area is 77.4 Å². The number of carbonyl (C=O) groups is 1. The zero-order valence-corrected chi connectivity index (χ0v) is 7.71. The van der Waals surface area contributed by atoms with Crippen molar-refractivity contribution in [2.24, 2.45) is 0 Å². The number of aldehydes is 1. The van der Waals surface area contributed by atoms with Gasteiger partial charge in [-0.15, -0.1) is 11.6 Å². The summed E-state index contributed by atoms with van der Waals surface area (Å²) in [5.74, 6) is 0.465. The molecule has 1 rings (SSSR count). The molecule has 0 aromatic heterocycles. The molecular formula is C10H11ClO. The molecule has 2 heteroatoms. The Morgan fingerprint density at radius 1 is 1.58 bits per heavy atom. The van der Waals surface area contributed by atoms with Gasteiger partial charge in [0.2, 0.25) is 0 Å². The molecule has 1 atom stereocenters. The van der Waals surface area contributed by atoms with E-state index in [1.165, 1.54) is 0 Å². The monoisotopic (exact) mass is 182 g/mol. The molecule has 1 unspecified atom stereocenters. The van der Waals surface area contributed by atoms with E-state index < -0.39 is 0 Å².